The first-order valence-electron chi connectivity index (χ1n) is 10.4. The molecule has 2 aromatic carbocycles. The van der Waals surface area contributed by atoms with Crippen molar-refractivity contribution in [3.8, 4) is 5.75 Å². The first-order chi connectivity index (χ1) is 14.3. The molecule has 2 N–H and O–H groups in total. The number of phenols is 1. The number of carbonyl (C=O) groups excluding carboxylic acids is 2. The number of thioether (sulfide) groups is 1. The summed E-state index contributed by atoms with van der Waals surface area (Å²) in [5, 5.41) is 13.1. The van der Waals surface area contributed by atoms with Gasteiger partial charge in [-0.15, -0.1) is 11.8 Å². The van der Waals surface area contributed by atoms with E-state index in [2.05, 4.69) is 26.1 Å². The SMILES string of the molecule is CC(C)(C)c1ccc(C(=O)N2CSCC2C(=O)NC2CCc3c(O)cccc32)cc1. The molecule has 0 bridgehead atoms. The van der Waals surface area contributed by atoms with Crippen LogP contribution in [-0.4, -0.2) is 39.5 Å². The fraction of sp³-hybridized carbons (Fsp3) is 0.417. The lowest BCUT2D eigenvalue weighted by Gasteiger charge is -2.25. The molecule has 0 radical (unpaired) electrons. The normalized spacial score (nSPS) is 20.8. The van der Waals surface area contributed by atoms with E-state index in [-0.39, 0.29) is 29.0 Å². The molecule has 0 saturated carbocycles. The second kappa shape index (κ2) is 7.99. The van der Waals surface area contributed by atoms with Crippen LogP contribution in [0.1, 0.15) is 60.3 Å². The van der Waals surface area contributed by atoms with Gasteiger partial charge in [0.15, 0.2) is 0 Å². The van der Waals surface area contributed by atoms with E-state index in [1.165, 1.54) is 5.56 Å². The van der Waals surface area contributed by atoms with Crippen LogP contribution in [0.5, 0.6) is 5.75 Å². The molecule has 1 fully saturated rings. The first-order valence-corrected chi connectivity index (χ1v) is 11.5. The zero-order valence-corrected chi connectivity index (χ0v) is 18.5. The number of aromatic hydroxyl groups is 1. The molecule has 158 valence electrons. The van der Waals surface area contributed by atoms with Crippen LogP contribution >= 0.6 is 11.8 Å². The minimum atomic E-state index is -0.480. The summed E-state index contributed by atoms with van der Waals surface area (Å²) in [6.07, 6.45) is 1.51. The number of hydrogen-bond donors (Lipinski definition) is 2. The number of hydrogen-bond acceptors (Lipinski definition) is 4. The summed E-state index contributed by atoms with van der Waals surface area (Å²) in [6.45, 7) is 6.42. The molecule has 2 unspecified atom stereocenters. The predicted octanol–water partition coefficient (Wildman–Crippen LogP) is 4.01. The molecule has 1 aliphatic carbocycles. The molecule has 4 rings (SSSR count). The highest BCUT2D eigenvalue weighted by atomic mass is 32.2. The van der Waals surface area contributed by atoms with Crippen LogP contribution in [0.4, 0.5) is 0 Å². The number of nitrogens with one attached hydrogen (secondary N) is 1. The highest BCUT2D eigenvalue weighted by molar-refractivity contribution is 7.99. The molecule has 1 heterocycles. The second-order valence-corrected chi connectivity index (χ2v) is 10.1. The summed E-state index contributed by atoms with van der Waals surface area (Å²) < 4.78 is 0. The van der Waals surface area contributed by atoms with Crippen LogP contribution in [0.2, 0.25) is 0 Å². The fourth-order valence-corrected chi connectivity index (χ4v) is 5.35. The van der Waals surface area contributed by atoms with E-state index >= 15 is 0 Å². The average molecular weight is 425 g/mol. The largest absolute Gasteiger partial charge is 0.508 e. The van der Waals surface area contributed by atoms with Crippen molar-refractivity contribution >= 4 is 23.6 Å². The molecular formula is C24H28N2O3S. The van der Waals surface area contributed by atoms with Gasteiger partial charge in [0.05, 0.1) is 11.9 Å². The van der Waals surface area contributed by atoms with Gasteiger partial charge in [-0.05, 0) is 53.1 Å². The predicted molar refractivity (Wildman–Crippen MR) is 120 cm³/mol. The van der Waals surface area contributed by atoms with Crippen molar-refractivity contribution in [2.45, 2.75) is 51.1 Å². The van der Waals surface area contributed by atoms with Gasteiger partial charge < -0.3 is 15.3 Å². The van der Waals surface area contributed by atoms with Crippen LogP contribution in [0.15, 0.2) is 42.5 Å². The van der Waals surface area contributed by atoms with E-state index in [0.717, 1.165) is 24.0 Å². The Kier molecular flexibility index (Phi) is 5.53. The monoisotopic (exact) mass is 424 g/mol. The van der Waals surface area contributed by atoms with Crippen molar-refractivity contribution in [1.29, 1.82) is 0 Å². The maximum atomic E-state index is 13.1. The van der Waals surface area contributed by atoms with Gasteiger partial charge in [0.2, 0.25) is 5.91 Å². The maximum absolute atomic E-state index is 13.1. The van der Waals surface area contributed by atoms with E-state index in [1.54, 1.807) is 28.8 Å². The van der Waals surface area contributed by atoms with Gasteiger partial charge in [-0.25, -0.2) is 0 Å². The molecular weight excluding hydrogens is 396 g/mol. The van der Waals surface area contributed by atoms with Crippen LogP contribution < -0.4 is 5.32 Å². The lowest BCUT2D eigenvalue weighted by molar-refractivity contribution is -0.125. The second-order valence-electron chi connectivity index (χ2n) is 9.06. The Morgan fingerprint density at radius 3 is 2.57 bits per heavy atom. The molecule has 6 heteroatoms. The molecule has 30 heavy (non-hydrogen) atoms. The molecule has 0 spiro atoms. The minimum absolute atomic E-state index is 0.0273. The molecule has 2 amide bonds. The molecule has 2 aliphatic rings. The van der Waals surface area contributed by atoms with Crippen molar-refractivity contribution in [3.63, 3.8) is 0 Å². The number of phenolic OH excluding ortho intramolecular Hbond substituents is 1. The summed E-state index contributed by atoms with van der Waals surface area (Å²) in [7, 11) is 0. The smallest absolute Gasteiger partial charge is 0.255 e. The topological polar surface area (TPSA) is 69.6 Å². The van der Waals surface area contributed by atoms with Crippen molar-refractivity contribution in [2.75, 3.05) is 11.6 Å². The van der Waals surface area contributed by atoms with E-state index in [1.807, 2.05) is 30.3 Å². The van der Waals surface area contributed by atoms with Gasteiger partial charge in [0.25, 0.3) is 5.91 Å². The van der Waals surface area contributed by atoms with Gasteiger partial charge in [-0.3, -0.25) is 9.59 Å². The Bertz CT molecular complexity index is 965. The lowest BCUT2D eigenvalue weighted by atomic mass is 9.86. The number of benzene rings is 2. The third-order valence-corrected chi connectivity index (χ3v) is 7.02. The third kappa shape index (κ3) is 3.93. The van der Waals surface area contributed by atoms with Gasteiger partial charge in [-0.1, -0.05) is 45.0 Å². The number of amides is 2. The Morgan fingerprint density at radius 2 is 1.87 bits per heavy atom. The van der Waals surface area contributed by atoms with Crippen molar-refractivity contribution in [2.24, 2.45) is 0 Å². The Hall–Kier alpha value is -2.47. The molecule has 1 aliphatic heterocycles. The zero-order valence-electron chi connectivity index (χ0n) is 17.6. The van der Waals surface area contributed by atoms with Crippen LogP contribution in [0.3, 0.4) is 0 Å². The molecule has 0 aromatic heterocycles. The van der Waals surface area contributed by atoms with Crippen molar-refractivity contribution < 1.29 is 14.7 Å². The third-order valence-electron chi connectivity index (χ3n) is 6.01. The number of fused-ring (bicyclic) bond motifs is 1. The molecule has 5 nitrogen and oxygen atoms in total. The number of nitrogens with zero attached hydrogens (tertiary/aromatic N) is 1. The lowest BCUT2D eigenvalue weighted by Crippen LogP contribution is -2.47. The fourth-order valence-electron chi connectivity index (χ4n) is 4.19. The summed E-state index contributed by atoms with van der Waals surface area (Å²) in [4.78, 5) is 27.8. The quantitative estimate of drug-likeness (QED) is 0.781. The van der Waals surface area contributed by atoms with Crippen LogP contribution in [-0.2, 0) is 16.6 Å². The number of rotatable bonds is 3. The molecule has 1 saturated heterocycles. The highest BCUT2D eigenvalue weighted by Gasteiger charge is 2.37. The highest BCUT2D eigenvalue weighted by Crippen LogP contribution is 2.36. The Morgan fingerprint density at radius 1 is 1.13 bits per heavy atom. The van der Waals surface area contributed by atoms with Crippen LogP contribution in [0.25, 0.3) is 0 Å². The van der Waals surface area contributed by atoms with Gasteiger partial charge in [0, 0.05) is 11.3 Å². The van der Waals surface area contributed by atoms with E-state index in [4.69, 9.17) is 0 Å². The van der Waals surface area contributed by atoms with Crippen LogP contribution in [0, 0.1) is 0 Å². The summed E-state index contributed by atoms with van der Waals surface area (Å²) >= 11 is 1.60. The Balaban J connectivity index is 1.47. The molecule has 2 aromatic rings. The molecule has 2 atom stereocenters. The van der Waals surface area contributed by atoms with Gasteiger partial charge in [0.1, 0.15) is 11.8 Å². The summed E-state index contributed by atoms with van der Waals surface area (Å²) in [6, 6.07) is 12.5. The average Bonchev–Trinajstić information content (AvgIpc) is 3.35. The number of carbonyl (C=O) groups is 2. The van der Waals surface area contributed by atoms with Crippen molar-refractivity contribution in [1.82, 2.24) is 10.2 Å². The zero-order chi connectivity index (χ0) is 21.5. The summed E-state index contributed by atoms with van der Waals surface area (Å²) in [5.74, 6) is 1.17. The van der Waals surface area contributed by atoms with Crippen molar-refractivity contribution in [3.05, 3.63) is 64.7 Å². The van der Waals surface area contributed by atoms with E-state index in [0.29, 0.717) is 17.2 Å². The maximum Gasteiger partial charge on any atom is 0.255 e. The van der Waals surface area contributed by atoms with E-state index in [9.17, 15) is 14.7 Å². The van der Waals surface area contributed by atoms with E-state index < -0.39 is 6.04 Å². The first kappa shape index (κ1) is 20.8. The van der Waals surface area contributed by atoms with Gasteiger partial charge in [-0.2, -0.15) is 0 Å². The minimum Gasteiger partial charge on any atom is -0.508 e. The summed E-state index contributed by atoms with van der Waals surface area (Å²) in [5.41, 5.74) is 3.70. The van der Waals surface area contributed by atoms with Gasteiger partial charge >= 0.3 is 0 Å². The Labute approximate surface area is 181 Å². The standard InChI is InChI=1S/C24H28N2O3S/c1-24(2,3)16-9-7-15(8-10-16)23(29)26-14-30-13-20(26)22(28)25-19-12-11-18-17(19)5-4-6-21(18)27/h4-10,19-20,27H,11-14H2,1-3H3,(H,25,28).